The average Bonchev–Trinajstić information content (AvgIpc) is 2.24. The highest BCUT2D eigenvalue weighted by molar-refractivity contribution is 9.10. The Kier molecular flexibility index (Phi) is 5.17. The highest BCUT2D eigenvalue weighted by Crippen LogP contribution is 2.25. The van der Waals surface area contributed by atoms with Crippen molar-refractivity contribution in [1.29, 1.82) is 0 Å². The van der Waals surface area contributed by atoms with Crippen LogP contribution in [0.15, 0.2) is 22.7 Å². The molecular formula is C14H22BrNO. The van der Waals surface area contributed by atoms with Gasteiger partial charge in [0.25, 0.3) is 0 Å². The zero-order valence-electron chi connectivity index (χ0n) is 11.1. The van der Waals surface area contributed by atoms with Crippen molar-refractivity contribution in [1.82, 2.24) is 0 Å². The molecule has 0 saturated heterocycles. The first-order chi connectivity index (χ1) is 7.84. The molecule has 1 aromatic carbocycles. The Morgan fingerprint density at radius 1 is 1.35 bits per heavy atom. The first-order valence-corrected chi connectivity index (χ1v) is 6.71. The Morgan fingerprint density at radius 3 is 2.53 bits per heavy atom. The zero-order valence-corrected chi connectivity index (χ0v) is 12.7. The molecule has 1 atom stereocenters. The molecule has 0 spiro atoms. The third-order valence-corrected chi connectivity index (χ3v) is 3.56. The molecule has 0 saturated carbocycles. The van der Waals surface area contributed by atoms with E-state index in [0.717, 1.165) is 17.3 Å². The minimum absolute atomic E-state index is 0.0700. The van der Waals surface area contributed by atoms with Gasteiger partial charge in [-0.15, -0.1) is 0 Å². The highest BCUT2D eigenvalue weighted by atomic mass is 79.9. The summed E-state index contributed by atoms with van der Waals surface area (Å²) in [5.74, 6) is 0. The molecule has 96 valence electrons. The van der Waals surface area contributed by atoms with E-state index in [1.165, 1.54) is 11.1 Å². The van der Waals surface area contributed by atoms with Crippen molar-refractivity contribution in [3.05, 3.63) is 33.8 Å². The fraction of sp³-hybridized carbons (Fsp3) is 0.571. The second-order valence-corrected chi connectivity index (χ2v) is 6.09. The molecule has 3 heteroatoms. The monoisotopic (exact) mass is 299 g/mol. The van der Waals surface area contributed by atoms with Gasteiger partial charge in [-0.05, 0) is 56.9 Å². The van der Waals surface area contributed by atoms with Gasteiger partial charge < -0.3 is 10.5 Å². The number of nitrogens with two attached hydrogens (primary N) is 1. The molecular weight excluding hydrogens is 278 g/mol. The number of ether oxygens (including phenoxy) is 1. The molecule has 0 aliphatic heterocycles. The van der Waals surface area contributed by atoms with Crippen molar-refractivity contribution < 1.29 is 4.74 Å². The Balaban J connectivity index is 2.67. The lowest BCUT2D eigenvalue weighted by Gasteiger charge is -2.24. The number of aryl methyl sites for hydroxylation is 1. The van der Waals surface area contributed by atoms with E-state index in [-0.39, 0.29) is 11.6 Å². The van der Waals surface area contributed by atoms with Crippen LogP contribution in [0.4, 0.5) is 0 Å². The van der Waals surface area contributed by atoms with Crippen LogP contribution in [0.1, 0.15) is 43.9 Å². The molecule has 0 amide bonds. The number of hydrogen-bond acceptors (Lipinski definition) is 2. The van der Waals surface area contributed by atoms with Crippen LogP contribution >= 0.6 is 15.9 Å². The van der Waals surface area contributed by atoms with E-state index in [4.69, 9.17) is 10.5 Å². The van der Waals surface area contributed by atoms with Crippen molar-refractivity contribution in [2.45, 2.75) is 45.3 Å². The van der Waals surface area contributed by atoms with Gasteiger partial charge in [-0.1, -0.05) is 22.0 Å². The van der Waals surface area contributed by atoms with Gasteiger partial charge in [0.1, 0.15) is 0 Å². The third-order valence-electron chi connectivity index (χ3n) is 3.10. The van der Waals surface area contributed by atoms with Crippen LogP contribution in [0, 0.1) is 6.92 Å². The molecule has 2 N–H and O–H groups in total. The maximum Gasteiger partial charge on any atom is 0.0623 e. The second-order valence-electron chi connectivity index (χ2n) is 5.17. The quantitative estimate of drug-likeness (QED) is 0.893. The predicted molar refractivity (Wildman–Crippen MR) is 76.1 cm³/mol. The molecule has 0 fully saturated rings. The van der Waals surface area contributed by atoms with Gasteiger partial charge in [-0.25, -0.2) is 0 Å². The fourth-order valence-corrected chi connectivity index (χ4v) is 2.38. The Labute approximate surface area is 113 Å². The minimum Gasteiger partial charge on any atom is -0.379 e. The maximum absolute atomic E-state index is 6.22. The van der Waals surface area contributed by atoms with Crippen LogP contribution < -0.4 is 5.73 Å². The largest absolute Gasteiger partial charge is 0.379 e. The van der Waals surface area contributed by atoms with Gasteiger partial charge in [0, 0.05) is 17.6 Å². The average molecular weight is 300 g/mol. The molecule has 1 aromatic rings. The molecule has 0 radical (unpaired) electrons. The van der Waals surface area contributed by atoms with Gasteiger partial charge in [0.15, 0.2) is 0 Å². The highest BCUT2D eigenvalue weighted by Gasteiger charge is 2.18. The van der Waals surface area contributed by atoms with Gasteiger partial charge in [0.2, 0.25) is 0 Å². The second kappa shape index (κ2) is 5.98. The van der Waals surface area contributed by atoms with E-state index in [2.05, 4.69) is 54.9 Å². The lowest BCUT2D eigenvalue weighted by atomic mass is 9.95. The van der Waals surface area contributed by atoms with E-state index in [1.54, 1.807) is 7.11 Å². The predicted octanol–water partition coefficient (Wildman–Crippen LogP) is 3.96. The zero-order chi connectivity index (χ0) is 13.1. The number of halogens is 1. The molecule has 0 aliphatic carbocycles. The molecule has 0 bridgehead atoms. The number of rotatable bonds is 5. The van der Waals surface area contributed by atoms with Crippen LogP contribution in [0.3, 0.4) is 0 Å². The first kappa shape index (κ1) is 14.7. The summed E-state index contributed by atoms with van der Waals surface area (Å²) >= 11 is 3.51. The SMILES string of the molecule is COC(C)(C)CCC(N)c1cc(C)cc(Br)c1. The van der Waals surface area contributed by atoms with E-state index in [0.29, 0.717) is 0 Å². The topological polar surface area (TPSA) is 35.2 Å². The number of hydrogen-bond donors (Lipinski definition) is 1. The van der Waals surface area contributed by atoms with Gasteiger partial charge in [-0.2, -0.15) is 0 Å². The summed E-state index contributed by atoms with van der Waals surface area (Å²) in [6.07, 6.45) is 1.88. The van der Waals surface area contributed by atoms with E-state index >= 15 is 0 Å². The summed E-state index contributed by atoms with van der Waals surface area (Å²) in [5.41, 5.74) is 8.54. The van der Waals surface area contributed by atoms with Gasteiger partial charge in [0.05, 0.1) is 5.60 Å². The maximum atomic E-state index is 6.22. The molecule has 17 heavy (non-hydrogen) atoms. The Bertz CT molecular complexity index is 356. The van der Waals surface area contributed by atoms with Crippen LogP contribution in [0.2, 0.25) is 0 Å². The molecule has 1 unspecified atom stereocenters. The Hall–Kier alpha value is -0.380. The minimum atomic E-state index is -0.0985. The van der Waals surface area contributed by atoms with Gasteiger partial charge in [-0.3, -0.25) is 0 Å². The summed E-state index contributed by atoms with van der Waals surface area (Å²) in [7, 11) is 1.74. The van der Waals surface area contributed by atoms with E-state index in [1.807, 2.05) is 0 Å². The van der Waals surface area contributed by atoms with Crippen molar-refractivity contribution in [3.63, 3.8) is 0 Å². The van der Waals surface area contributed by atoms with E-state index < -0.39 is 0 Å². The smallest absolute Gasteiger partial charge is 0.0623 e. The van der Waals surface area contributed by atoms with Crippen LogP contribution in [-0.2, 0) is 4.74 Å². The molecule has 2 nitrogen and oxygen atoms in total. The van der Waals surface area contributed by atoms with E-state index in [9.17, 15) is 0 Å². The third kappa shape index (κ3) is 4.78. The normalized spacial score (nSPS) is 13.8. The van der Waals surface area contributed by atoms with Crippen LogP contribution in [0.25, 0.3) is 0 Å². The Morgan fingerprint density at radius 2 is 2.00 bits per heavy atom. The standard InChI is InChI=1S/C14H22BrNO/c1-10-7-11(9-12(15)8-10)13(16)5-6-14(2,3)17-4/h7-9,13H,5-6,16H2,1-4H3. The van der Waals surface area contributed by atoms with Gasteiger partial charge >= 0.3 is 0 Å². The molecule has 1 rings (SSSR count). The lowest BCUT2D eigenvalue weighted by molar-refractivity contribution is 0.0125. The summed E-state index contributed by atoms with van der Waals surface area (Å²) in [4.78, 5) is 0. The fourth-order valence-electron chi connectivity index (χ4n) is 1.75. The first-order valence-electron chi connectivity index (χ1n) is 5.92. The van der Waals surface area contributed by atoms with Crippen LogP contribution in [0.5, 0.6) is 0 Å². The lowest BCUT2D eigenvalue weighted by Crippen LogP contribution is -2.24. The summed E-state index contributed by atoms with van der Waals surface area (Å²) in [6, 6.07) is 6.41. The van der Waals surface area contributed by atoms with Crippen molar-refractivity contribution in [2.75, 3.05) is 7.11 Å². The summed E-state index contributed by atoms with van der Waals surface area (Å²) in [5, 5.41) is 0. The molecule has 0 aromatic heterocycles. The summed E-state index contributed by atoms with van der Waals surface area (Å²) in [6.45, 7) is 6.26. The van der Waals surface area contributed by atoms with Crippen LogP contribution in [-0.4, -0.2) is 12.7 Å². The van der Waals surface area contributed by atoms with Crippen molar-refractivity contribution in [3.8, 4) is 0 Å². The molecule has 0 aliphatic rings. The van der Waals surface area contributed by atoms with Crippen molar-refractivity contribution in [2.24, 2.45) is 5.73 Å². The molecule has 0 heterocycles. The summed E-state index contributed by atoms with van der Waals surface area (Å²) < 4.78 is 6.50. The number of methoxy groups -OCH3 is 1. The number of benzene rings is 1. The van der Waals surface area contributed by atoms with Crippen molar-refractivity contribution >= 4 is 15.9 Å².